The molecule has 0 aliphatic carbocycles. The van der Waals surface area contributed by atoms with Crippen LogP contribution < -0.4 is 5.32 Å². The zero-order valence-electron chi connectivity index (χ0n) is 14.9. The third kappa shape index (κ3) is 2.66. The molecule has 0 unspecified atom stereocenters. The minimum absolute atomic E-state index is 0.0257. The van der Waals surface area contributed by atoms with Gasteiger partial charge in [0, 0.05) is 16.6 Å². The summed E-state index contributed by atoms with van der Waals surface area (Å²) in [5, 5.41) is 4.39. The second-order valence-electron chi connectivity index (χ2n) is 6.68. The summed E-state index contributed by atoms with van der Waals surface area (Å²) in [6.45, 7) is 1.84. The highest BCUT2D eigenvalue weighted by Crippen LogP contribution is 2.34. The fraction of sp³-hybridized carbons (Fsp3) is 0.143. The van der Waals surface area contributed by atoms with E-state index in [9.17, 15) is 9.59 Å². The largest absolute Gasteiger partial charge is 0.451 e. The third-order valence-electron chi connectivity index (χ3n) is 4.96. The minimum atomic E-state index is -0.243. The van der Waals surface area contributed by atoms with Gasteiger partial charge in [-0.15, -0.1) is 0 Å². The molecule has 2 aromatic heterocycles. The lowest BCUT2D eigenvalue weighted by molar-refractivity contribution is -0.116. The van der Waals surface area contributed by atoms with Crippen molar-refractivity contribution in [2.24, 2.45) is 0 Å². The van der Waals surface area contributed by atoms with Crippen LogP contribution in [0.4, 0.5) is 5.69 Å². The maximum absolute atomic E-state index is 12.7. The highest BCUT2D eigenvalue weighted by Gasteiger charge is 2.27. The number of furan rings is 1. The molecular weight excluding hydrogens is 374 g/mol. The van der Waals surface area contributed by atoms with Gasteiger partial charge in [0.15, 0.2) is 11.4 Å². The van der Waals surface area contributed by atoms with E-state index in [-0.39, 0.29) is 23.4 Å². The molecule has 2 aromatic carbocycles. The highest BCUT2D eigenvalue weighted by molar-refractivity contribution is 8.00. The number of Topliss-reactive ketones (excluding diaryl/α,β-unsaturated/α-hetero) is 1. The lowest BCUT2D eigenvalue weighted by atomic mass is 9.99. The van der Waals surface area contributed by atoms with Crippen LogP contribution in [0.2, 0.25) is 0 Å². The Hall–Kier alpha value is -3.19. The maximum atomic E-state index is 12.7. The molecule has 1 N–H and O–H groups in total. The van der Waals surface area contributed by atoms with E-state index in [0.717, 1.165) is 27.7 Å². The predicted molar refractivity (Wildman–Crippen MR) is 108 cm³/mol. The maximum Gasteiger partial charge on any atom is 0.231 e. The number of aromatic nitrogens is 2. The SMILES string of the molecule is C[C@H]1C(=O)Nc2ccc(C(=O)CSc3ncnc4c3oc3ccccc34)cc21. The summed E-state index contributed by atoms with van der Waals surface area (Å²) in [6.07, 6.45) is 1.49. The molecule has 28 heavy (non-hydrogen) atoms. The third-order valence-corrected chi connectivity index (χ3v) is 5.93. The smallest absolute Gasteiger partial charge is 0.231 e. The lowest BCUT2D eigenvalue weighted by Gasteiger charge is -2.05. The quantitative estimate of drug-likeness (QED) is 0.316. The number of nitrogens with zero attached hydrogens (tertiary/aromatic N) is 2. The number of para-hydroxylation sites is 1. The predicted octanol–water partition coefficient (Wildman–Crippen LogP) is 4.41. The number of thioether (sulfide) groups is 1. The van der Waals surface area contributed by atoms with E-state index >= 15 is 0 Å². The van der Waals surface area contributed by atoms with E-state index in [0.29, 0.717) is 16.2 Å². The first-order valence-corrected chi connectivity index (χ1v) is 9.83. The molecule has 1 amide bonds. The average molecular weight is 389 g/mol. The Balaban J connectivity index is 1.41. The summed E-state index contributed by atoms with van der Waals surface area (Å²) >= 11 is 1.33. The first-order valence-electron chi connectivity index (χ1n) is 8.85. The van der Waals surface area contributed by atoms with Crippen molar-refractivity contribution in [2.75, 3.05) is 11.1 Å². The van der Waals surface area contributed by atoms with E-state index in [1.54, 1.807) is 18.2 Å². The van der Waals surface area contributed by atoms with E-state index in [1.807, 2.05) is 31.2 Å². The molecule has 5 rings (SSSR count). The number of rotatable bonds is 4. The summed E-state index contributed by atoms with van der Waals surface area (Å²) < 4.78 is 5.91. The van der Waals surface area contributed by atoms with Gasteiger partial charge in [0.05, 0.1) is 11.7 Å². The topological polar surface area (TPSA) is 85.1 Å². The van der Waals surface area contributed by atoms with Crippen LogP contribution in [0.15, 0.2) is 58.2 Å². The molecule has 0 bridgehead atoms. The number of fused-ring (bicyclic) bond motifs is 4. The van der Waals surface area contributed by atoms with Crippen molar-refractivity contribution in [3.05, 3.63) is 59.9 Å². The Morgan fingerprint density at radius 3 is 2.96 bits per heavy atom. The van der Waals surface area contributed by atoms with Crippen LogP contribution >= 0.6 is 11.8 Å². The molecule has 7 heteroatoms. The second kappa shape index (κ2) is 6.45. The summed E-state index contributed by atoms with van der Waals surface area (Å²) in [6, 6.07) is 13.0. The Labute approximate surface area is 164 Å². The Bertz CT molecular complexity index is 1260. The van der Waals surface area contributed by atoms with Crippen molar-refractivity contribution < 1.29 is 14.0 Å². The van der Waals surface area contributed by atoms with Gasteiger partial charge < -0.3 is 9.73 Å². The zero-order valence-corrected chi connectivity index (χ0v) is 15.7. The van der Waals surface area contributed by atoms with Crippen LogP contribution in [-0.2, 0) is 4.79 Å². The minimum Gasteiger partial charge on any atom is -0.451 e. The van der Waals surface area contributed by atoms with Crippen molar-refractivity contribution >= 4 is 51.2 Å². The van der Waals surface area contributed by atoms with Crippen LogP contribution in [0.3, 0.4) is 0 Å². The van der Waals surface area contributed by atoms with E-state index in [4.69, 9.17) is 4.42 Å². The fourth-order valence-electron chi connectivity index (χ4n) is 3.41. The fourth-order valence-corrected chi connectivity index (χ4v) is 4.24. The Kier molecular flexibility index (Phi) is 3.91. The van der Waals surface area contributed by atoms with Gasteiger partial charge in [0.2, 0.25) is 5.91 Å². The number of hydrogen-bond donors (Lipinski definition) is 1. The van der Waals surface area contributed by atoms with E-state index in [2.05, 4.69) is 15.3 Å². The van der Waals surface area contributed by atoms with Gasteiger partial charge in [-0.1, -0.05) is 23.9 Å². The number of nitrogens with one attached hydrogen (secondary N) is 1. The van der Waals surface area contributed by atoms with Gasteiger partial charge in [-0.25, -0.2) is 9.97 Å². The number of carbonyl (C=O) groups excluding carboxylic acids is 2. The van der Waals surface area contributed by atoms with Crippen LogP contribution in [0.1, 0.15) is 28.8 Å². The zero-order chi connectivity index (χ0) is 19.3. The molecule has 1 aliphatic heterocycles. The summed E-state index contributed by atoms with van der Waals surface area (Å²) in [5.74, 6) is -0.0885. The standard InChI is InChI=1S/C21H15N3O3S/c1-11-14-8-12(6-7-15(14)24-20(11)26)16(25)9-28-21-19-18(22-10-23-21)13-4-2-3-5-17(13)27-19/h2-8,10-11H,9H2,1H3,(H,24,26)/t11-/m1/s1. The molecule has 6 nitrogen and oxygen atoms in total. The molecule has 0 saturated carbocycles. The Morgan fingerprint density at radius 2 is 2.07 bits per heavy atom. The first kappa shape index (κ1) is 16.9. The number of carbonyl (C=O) groups is 2. The first-order chi connectivity index (χ1) is 13.6. The van der Waals surface area contributed by atoms with E-state index < -0.39 is 0 Å². The number of hydrogen-bond acceptors (Lipinski definition) is 6. The summed E-state index contributed by atoms with van der Waals surface area (Å²) in [5.41, 5.74) is 4.32. The molecule has 0 fully saturated rings. The van der Waals surface area contributed by atoms with Gasteiger partial charge in [-0.2, -0.15) is 0 Å². The van der Waals surface area contributed by atoms with E-state index in [1.165, 1.54) is 18.1 Å². The molecule has 0 saturated heterocycles. The van der Waals surface area contributed by atoms with Crippen molar-refractivity contribution in [1.82, 2.24) is 9.97 Å². The monoisotopic (exact) mass is 389 g/mol. The van der Waals surface area contributed by atoms with Gasteiger partial charge in [0.25, 0.3) is 0 Å². The number of ketones is 1. The van der Waals surface area contributed by atoms with Crippen molar-refractivity contribution in [3.8, 4) is 0 Å². The van der Waals surface area contributed by atoms with Crippen LogP contribution in [0.5, 0.6) is 0 Å². The normalized spacial score (nSPS) is 15.8. The summed E-state index contributed by atoms with van der Waals surface area (Å²) in [7, 11) is 0. The van der Waals surface area contributed by atoms with Gasteiger partial charge in [-0.3, -0.25) is 9.59 Å². The molecule has 1 aliphatic rings. The van der Waals surface area contributed by atoms with Gasteiger partial charge >= 0.3 is 0 Å². The molecule has 0 spiro atoms. The van der Waals surface area contributed by atoms with Crippen molar-refractivity contribution in [2.45, 2.75) is 17.9 Å². The van der Waals surface area contributed by atoms with Crippen molar-refractivity contribution in [1.29, 1.82) is 0 Å². The van der Waals surface area contributed by atoms with Crippen molar-refractivity contribution in [3.63, 3.8) is 0 Å². The number of amides is 1. The molecule has 0 radical (unpaired) electrons. The second-order valence-corrected chi connectivity index (χ2v) is 7.64. The Morgan fingerprint density at radius 1 is 1.21 bits per heavy atom. The highest BCUT2D eigenvalue weighted by atomic mass is 32.2. The number of benzene rings is 2. The molecule has 3 heterocycles. The van der Waals surface area contributed by atoms with Gasteiger partial charge in [0.1, 0.15) is 22.5 Å². The van der Waals surface area contributed by atoms with Gasteiger partial charge in [-0.05, 0) is 42.8 Å². The van der Waals surface area contributed by atoms with Crippen LogP contribution in [0.25, 0.3) is 22.1 Å². The molecular formula is C21H15N3O3S. The molecule has 138 valence electrons. The molecule has 4 aromatic rings. The van der Waals surface area contributed by atoms with Crippen LogP contribution in [-0.4, -0.2) is 27.4 Å². The molecule has 1 atom stereocenters. The number of anilines is 1. The van der Waals surface area contributed by atoms with Crippen LogP contribution in [0, 0.1) is 0 Å². The summed E-state index contributed by atoms with van der Waals surface area (Å²) in [4.78, 5) is 33.1. The average Bonchev–Trinajstić information content (AvgIpc) is 3.23. The lowest BCUT2D eigenvalue weighted by Crippen LogP contribution is -2.08.